The average molecular weight is 370 g/mol. The van der Waals surface area contributed by atoms with E-state index < -0.39 is 5.60 Å². The number of nitrogens with two attached hydrogens (primary N) is 1. The van der Waals surface area contributed by atoms with Crippen molar-refractivity contribution >= 4 is 0 Å². The lowest BCUT2D eigenvalue weighted by Gasteiger charge is -2.28. The summed E-state index contributed by atoms with van der Waals surface area (Å²) in [5, 5.41) is 13.8. The van der Waals surface area contributed by atoms with E-state index in [0.29, 0.717) is 44.8 Å². The Bertz CT molecular complexity index is 520. The molecule has 0 fully saturated rings. The van der Waals surface area contributed by atoms with Crippen LogP contribution < -0.4 is 16.6 Å². The monoisotopic (exact) mass is 369 g/mol. The first-order valence-electron chi connectivity index (χ1n) is 9.68. The topological polar surface area (TPSA) is 79.5 Å². The van der Waals surface area contributed by atoms with Crippen LogP contribution >= 0.6 is 0 Å². The van der Waals surface area contributed by atoms with Gasteiger partial charge in [0.25, 0.3) is 0 Å². The minimum Gasteiger partial charge on any atom is -0.389 e. The van der Waals surface area contributed by atoms with Crippen LogP contribution in [-0.4, -0.2) is 36.9 Å². The minimum absolute atomic E-state index is 0.207. The van der Waals surface area contributed by atoms with Gasteiger partial charge in [-0.1, -0.05) is 32.8 Å². The summed E-state index contributed by atoms with van der Waals surface area (Å²) in [7, 11) is 0. The Balaban J connectivity index is 2.43. The van der Waals surface area contributed by atoms with Crippen LogP contribution in [0.3, 0.4) is 0 Å². The number of aryl methyl sites for hydroxylation is 1. The quantitative estimate of drug-likeness (QED) is 0.230. The Morgan fingerprint density at radius 3 is 2.50 bits per heavy atom. The maximum Gasteiger partial charge on any atom is 0.127 e. The van der Waals surface area contributed by atoms with Gasteiger partial charge in [-0.25, -0.2) is 4.39 Å². The maximum atomic E-state index is 14.2. The Hall–Kier alpha value is -1.05. The molecule has 6 heteroatoms. The summed E-state index contributed by atoms with van der Waals surface area (Å²) in [4.78, 5) is 0. The molecule has 0 radical (unpaired) electrons. The zero-order chi connectivity index (χ0) is 19.4. The Labute approximate surface area is 157 Å². The molecule has 0 aromatic heterocycles. The van der Waals surface area contributed by atoms with Crippen molar-refractivity contribution in [3.05, 3.63) is 34.6 Å². The first kappa shape index (κ1) is 23.0. The van der Waals surface area contributed by atoms with Crippen molar-refractivity contribution in [2.24, 2.45) is 5.84 Å². The van der Waals surface area contributed by atoms with Crippen LogP contribution in [0.1, 0.15) is 56.2 Å². The van der Waals surface area contributed by atoms with E-state index in [0.717, 1.165) is 36.8 Å². The van der Waals surface area contributed by atoms with Gasteiger partial charge in [-0.3, -0.25) is 11.3 Å². The average Bonchev–Trinajstić information content (AvgIpc) is 2.57. The van der Waals surface area contributed by atoms with E-state index in [9.17, 15) is 9.50 Å². The van der Waals surface area contributed by atoms with Gasteiger partial charge in [0.2, 0.25) is 0 Å². The Morgan fingerprint density at radius 1 is 1.19 bits per heavy atom. The highest BCUT2D eigenvalue weighted by atomic mass is 19.1. The Morgan fingerprint density at radius 2 is 1.88 bits per heavy atom. The number of rotatable bonds is 14. The SMILES string of the molecule is CCCC(O)(CCC)CNCCOCc1cc(C)cc(F)c1CCNN. The number of halogens is 1. The second-order valence-corrected chi connectivity index (χ2v) is 7.04. The highest BCUT2D eigenvalue weighted by Crippen LogP contribution is 2.19. The molecule has 0 aliphatic heterocycles. The van der Waals surface area contributed by atoms with E-state index in [1.54, 1.807) is 6.07 Å². The molecule has 0 spiro atoms. The molecule has 1 aromatic carbocycles. The van der Waals surface area contributed by atoms with Gasteiger partial charge in [-0.05, 0) is 48.9 Å². The summed E-state index contributed by atoms with van der Waals surface area (Å²) in [5.74, 6) is 5.10. The van der Waals surface area contributed by atoms with Gasteiger partial charge in [0.05, 0.1) is 18.8 Å². The molecule has 0 saturated heterocycles. The van der Waals surface area contributed by atoms with E-state index in [1.807, 2.05) is 13.0 Å². The zero-order valence-corrected chi connectivity index (χ0v) is 16.5. The van der Waals surface area contributed by atoms with Gasteiger partial charge in [0.1, 0.15) is 5.82 Å². The molecule has 0 atom stereocenters. The van der Waals surface area contributed by atoms with Crippen LogP contribution in [-0.2, 0) is 17.8 Å². The summed E-state index contributed by atoms with van der Waals surface area (Å²) >= 11 is 0. The van der Waals surface area contributed by atoms with Crippen LogP contribution in [0.25, 0.3) is 0 Å². The molecule has 26 heavy (non-hydrogen) atoms. The van der Waals surface area contributed by atoms with Gasteiger partial charge in [-0.15, -0.1) is 0 Å². The van der Waals surface area contributed by atoms with Crippen molar-refractivity contribution in [3.63, 3.8) is 0 Å². The number of nitrogens with one attached hydrogen (secondary N) is 2. The molecule has 5 N–H and O–H groups in total. The second-order valence-electron chi connectivity index (χ2n) is 7.04. The van der Waals surface area contributed by atoms with Crippen LogP contribution in [0.15, 0.2) is 12.1 Å². The summed E-state index contributed by atoms with van der Waals surface area (Å²) < 4.78 is 19.9. The van der Waals surface area contributed by atoms with E-state index in [1.165, 1.54) is 0 Å². The van der Waals surface area contributed by atoms with Crippen molar-refractivity contribution in [1.29, 1.82) is 0 Å². The number of aliphatic hydroxyl groups is 1. The molecule has 1 aromatic rings. The molecular weight excluding hydrogens is 333 g/mol. The number of hydrogen-bond acceptors (Lipinski definition) is 5. The van der Waals surface area contributed by atoms with E-state index in [4.69, 9.17) is 10.6 Å². The zero-order valence-electron chi connectivity index (χ0n) is 16.5. The standard InChI is InChI=1S/C20H36FN3O2/c1-4-7-20(25,8-5-2)15-23-10-11-26-14-17-12-16(3)13-19(21)18(17)6-9-24-22/h12-13,23-25H,4-11,14-15,22H2,1-3H3. The third-order valence-corrected chi connectivity index (χ3v) is 4.52. The summed E-state index contributed by atoms with van der Waals surface area (Å²) in [6.45, 7) is 8.68. The number of hydrazine groups is 1. The van der Waals surface area contributed by atoms with Gasteiger partial charge in [0, 0.05) is 19.6 Å². The smallest absolute Gasteiger partial charge is 0.127 e. The molecule has 150 valence electrons. The molecule has 1 rings (SSSR count). The lowest BCUT2D eigenvalue weighted by Crippen LogP contribution is -2.41. The fourth-order valence-electron chi connectivity index (χ4n) is 3.33. The van der Waals surface area contributed by atoms with Crippen LogP contribution in [0.2, 0.25) is 0 Å². The van der Waals surface area contributed by atoms with Crippen LogP contribution in [0.5, 0.6) is 0 Å². The van der Waals surface area contributed by atoms with Crippen molar-refractivity contribution in [2.75, 3.05) is 26.2 Å². The summed E-state index contributed by atoms with van der Waals surface area (Å²) in [5.41, 5.74) is 4.33. The van der Waals surface area contributed by atoms with Crippen molar-refractivity contribution in [3.8, 4) is 0 Å². The molecule has 0 unspecified atom stereocenters. The molecule has 0 heterocycles. The third-order valence-electron chi connectivity index (χ3n) is 4.52. The molecular formula is C20H36FN3O2. The third kappa shape index (κ3) is 8.10. The molecule has 0 saturated carbocycles. The highest BCUT2D eigenvalue weighted by Gasteiger charge is 2.23. The maximum absolute atomic E-state index is 14.2. The normalized spacial score (nSPS) is 11.9. The predicted octanol–water partition coefficient (Wildman–Crippen LogP) is 2.58. The lowest BCUT2D eigenvalue weighted by atomic mass is 9.93. The minimum atomic E-state index is -0.633. The Kier molecular flexibility index (Phi) is 10.9. The van der Waals surface area contributed by atoms with Crippen molar-refractivity contribution in [1.82, 2.24) is 10.7 Å². The van der Waals surface area contributed by atoms with Gasteiger partial charge in [0.15, 0.2) is 0 Å². The van der Waals surface area contributed by atoms with E-state index in [2.05, 4.69) is 24.6 Å². The van der Waals surface area contributed by atoms with Gasteiger partial charge < -0.3 is 15.2 Å². The fraction of sp³-hybridized carbons (Fsp3) is 0.700. The lowest BCUT2D eigenvalue weighted by molar-refractivity contribution is 0.0194. The van der Waals surface area contributed by atoms with E-state index in [-0.39, 0.29) is 5.82 Å². The first-order valence-corrected chi connectivity index (χ1v) is 9.68. The van der Waals surface area contributed by atoms with Crippen LogP contribution in [0, 0.1) is 12.7 Å². The largest absolute Gasteiger partial charge is 0.389 e. The molecule has 0 aliphatic rings. The summed E-state index contributed by atoms with van der Waals surface area (Å²) in [6, 6.07) is 3.50. The second kappa shape index (κ2) is 12.4. The molecule has 0 aliphatic carbocycles. The van der Waals surface area contributed by atoms with Gasteiger partial charge in [-0.2, -0.15) is 0 Å². The number of hydrogen-bond donors (Lipinski definition) is 4. The van der Waals surface area contributed by atoms with E-state index >= 15 is 0 Å². The fourth-order valence-corrected chi connectivity index (χ4v) is 3.33. The van der Waals surface area contributed by atoms with Crippen molar-refractivity contribution < 1.29 is 14.2 Å². The first-order chi connectivity index (χ1) is 12.5. The predicted molar refractivity (Wildman–Crippen MR) is 104 cm³/mol. The molecule has 0 amide bonds. The summed E-state index contributed by atoms with van der Waals surface area (Å²) in [6.07, 6.45) is 4.06. The molecule has 0 bridgehead atoms. The van der Waals surface area contributed by atoms with Crippen molar-refractivity contribution in [2.45, 2.75) is 65.1 Å². The number of benzene rings is 1. The highest BCUT2D eigenvalue weighted by molar-refractivity contribution is 5.33. The number of ether oxygens (including phenoxy) is 1. The molecule has 5 nitrogen and oxygen atoms in total. The van der Waals surface area contributed by atoms with Gasteiger partial charge >= 0.3 is 0 Å². The van der Waals surface area contributed by atoms with Crippen LogP contribution in [0.4, 0.5) is 4.39 Å².